The molecular formula is C16H21NO6S. The second-order valence-corrected chi connectivity index (χ2v) is 8.02. The second kappa shape index (κ2) is 6.34. The fraction of sp³-hybridized carbons (Fsp3) is 0.562. The number of hydrogen-bond donors (Lipinski definition) is 0. The van der Waals surface area contributed by atoms with Crippen LogP contribution in [-0.2, 0) is 19.3 Å². The molecule has 2 aliphatic rings. The number of piperidine rings is 1. The topological polar surface area (TPSA) is 82.1 Å². The SMILES string of the molecule is COc1ccc(C(=O)N2CCC3(CC2)OCCO3)cc1S(C)(=O)=O. The molecule has 0 unspecified atom stereocenters. The first kappa shape index (κ1) is 17.2. The predicted octanol–water partition coefficient (Wildman–Crippen LogP) is 1.08. The van der Waals surface area contributed by atoms with E-state index in [0.29, 0.717) is 44.7 Å². The van der Waals surface area contributed by atoms with Crippen LogP contribution in [0.1, 0.15) is 23.2 Å². The molecule has 1 aromatic carbocycles. The van der Waals surface area contributed by atoms with Crippen molar-refractivity contribution in [3.05, 3.63) is 23.8 Å². The number of rotatable bonds is 3. The number of methoxy groups -OCH3 is 1. The van der Waals surface area contributed by atoms with Gasteiger partial charge < -0.3 is 19.1 Å². The Bertz CT molecular complexity index is 729. The Morgan fingerprint density at radius 3 is 2.38 bits per heavy atom. The number of amides is 1. The van der Waals surface area contributed by atoms with Gasteiger partial charge in [-0.3, -0.25) is 4.79 Å². The van der Waals surface area contributed by atoms with Gasteiger partial charge in [0.1, 0.15) is 10.6 Å². The Kier molecular flexibility index (Phi) is 4.54. The molecule has 132 valence electrons. The summed E-state index contributed by atoms with van der Waals surface area (Å²) < 4.78 is 40.2. The monoisotopic (exact) mass is 355 g/mol. The molecule has 0 radical (unpaired) electrons. The van der Waals surface area contributed by atoms with Gasteiger partial charge in [-0.1, -0.05) is 0 Å². The lowest BCUT2D eigenvalue weighted by atomic mass is 10.0. The van der Waals surface area contributed by atoms with E-state index in [4.69, 9.17) is 14.2 Å². The lowest BCUT2D eigenvalue weighted by molar-refractivity contribution is -0.181. The molecule has 24 heavy (non-hydrogen) atoms. The molecule has 0 saturated carbocycles. The lowest BCUT2D eigenvalue weighted by Crippen LogP contribution is -2.47. The number of nitrogens with zero attached hydrogens (tertiary/aromatic N) is 1. The molecule has 0 aromatic heterocycles. The summed E-state index contributed by atoms with van der Waals surface area (Å²) in [5.74, 6) is -0.510. The smallest absolute Gasteiger partial charge is 0.253 e. The average Bonchev–Trinajstić information content (AvgIpc) is 3.01. The zero-order valence-corrected chi connectivity index (χ0v) is 14.6. The van der Waals surface area contributed by atoms with E-state index in [1.54, 1.807) is 11.0 Å². The quantitative estimate of drug-likeness (QED) is 0.807. The van der Waals surface area contributed by atoms with Crippen molar-refractivity contribution in [3.8, 4) is 5.75 Å². The van der Waals surface area contributed by atoms with Crippen LogP contribution in [-0.4, -0.2) is 64.7 Å². The van der Waals surface area contributed by atoms with Crippen LogP contribution >= 0.6 is 0 Å². The molecule has 2 aliphatic heterocycles. The summed E-state index contributed by atoms with van der Waals surface area (Å²) in [6.45, 7) is 2.20. The third-order valence-corrected chi connectivity index (χ3v) is 5.55. The Hall–Kier alpha value is -1.64. The van der Waals surface area contributed by atoms with Gasteiger partial charge in [0.05, 0.1) is 20.3 Å². The summed E-state index contributed by atoms with van der Waals surface area (Å²) in [6.07, 6.45) is 2.33. The number of benzene rings is 1. The molecule has 2 fully saturated rings. The van der Waals surface area contributed by atoms with E-state index in [1.807, 2.05) is 0 Å². The van der Waals surface area contributed by atoms with Crippen LogP contribution < -0.4 is 4.74 Å². The van der Waals surface area contributed by atoms with Gasteiger partial charge in [-0.15, -0.1) is 0 Å². The van der Waals surface area contributed by atoms with Crippen molar-refractivity contribution in [2.75, 3.05) is 39.7 Å². The molecule has 0 bridgehead atoms. The number of ether oxygens (including phenoxy) is 3. The number of hydrogen-bond acceptors (Lipinski definition) is 6. The van der Waals surface area contributed by atoms with Crippen LogP contribution in [0.3, 0.4) is 0 Å². The number of likely N-dealkylation sites (tertiary alicyclic amines) is 1. The van der Waals surface area contributed by atoms with E-state index >= 15 is 0 Å². The Labute approximate surface area is 141 Å². The highest BCUT2D eigenvalue weighted by molar-refractivity contribution is 7.90. The van der Waals surface area contributed by atoms with Crippen molar-refractivity contribution < 1.29 is 27.4 Å². The minimum atomic E-state index is -3.49. The van der Waals surface area contributed by atoms with Gasteiger partial charge in [0, 0.05) is 37.8 Å². The standard InChI is InChI=1S/C16H21NO6S/c1-21-13-4-3-12(11-14(13)24(2,19)20)15(18)17-7-5-16(6-8-17)22-9-10-23-16/h3-4,11H,5-10H2,1-2H3. The van der Waals surface area contributed by atoms with Crippen molar-refractivity contribution in [2.24, 2.45) is 0 Å². The second-order valence-electron chi connectivity index (χ2n) is 6.04. The molecule has 1 aromatic rings. The van der Waals surface area contributed by atoms with Gasteiger partial charge in [-0.2, -0.15) is 0 Å². The molecule has 1 amide bonds. The van der Waals surface area contributed by atoms with Crippen molar-refractivity contribution in [1.29, 1.82) is 0 Å². The Morgan fingerprint density at radius 2 is 1.83 bits per heavy atom. The van der Waals surface area contributed by atoms with E-state index in [2.05, 4.69) is 0 Å². The molecule has 3 rings (SSSR count). The third-order valence-electron chi connectivity index (χ3n) is 4.44. The first-order valence-corrected chi connectivity index (χ1v) is 9.69. The van der Waals surface area contributed by atoms with Crippen molar-refractivity contribution in [1.82, 2.24) is 4.90 Å². The Morgan fingerprint density at radius 1 is 1.21 bits per heavy atom. The molecule has 2 saturated heterocycles. The fourth-order valence-corrected chi connectivity index (χ4v) is 3.98. The maximum absolute atomic E-state index is 12.7. The van der Waals surface area contributed by atoms with Gasteiger partial charge in [-0.05, 0) is 18.2 Å². The van der Waals surface area contributed by atoms with E-state index in [0.717, 1.165) is 6.26 Å². The van der Waals surface area contributed by atoms with Crippen molar-refractivity contribution in [3.63, 3.8) is 0 Å². The molecule has 7 nitrogen and oxygen atoms in total. The third kappa shape index (κ3) is 3.26. The number of carbonyl (C=O) groups excluding carboxylic acids is 1. The summed E-state index contributed by atoms with van der Waals surface area (Å²) in [5, 5.41) is 0. The van der Waals surface area contributed by atoms with Crippen LogP contribution in [0.15, 0.2) is 23.1 Å². The summed E-state index contributed by atoms with van der Waals surface area (Å²) >= 11 is 0. The maximum atomic E-state index is 12.7. The molecular weight excluding hydrogens is 334 g/mol. The van der Waals surface area contributed by atoms with Crippen LogP contribution in [0.5, 0.6) is 5.75 Å². The van der Waals surface area contributed by atoms with E-state index in [9.17, 15) is 13.2 Å². The highest BCUT2D eigenvalue weighted by atomic mass is 32.2. The maximum Gasteiger partial charge on any atom is 0.253 e. The molecule has 0 atom stereocenters. The van der Waals surface area contributed by atoms with Crippen LogP contribution in [0.2, 0.25) is 0 Å². The van der Waals surface area contributed by atoms with Crippen LogP contribution in [0.25, 0.3) is 0 Å². The van der Waals surface area contributed by atoms with E-state index in [1.165, 1.54) is 19.2 Å². The highest BCUT2D eigenvalue weighted by Crippen LogP contribution is 2.32. The zero-order valence-electron chi connectivity index (χ0n) is 13.8. The molecule has 8 heteroatoms. The molecule has 0 N–H and O–H groups in total. The molecule has 0 aliphatic carbocycles. The van der Waals surface area contributed by atoms with Gasteiger partial charge in [0.2, 0.25) is 0 Å². The fourth-order valence-electron chi connectivity index (χ4n) is 3.12. The van der Waals surface area contributed by atoms with Crippen LogP contribution in [0, 0.1) is 0 Å². The average molecular weight is 355 g/mol. The summed E-state index contributed by atoms with van der Waals surface area (Å²) in [6, 6.07) is 4.48. The van der Waals surface area contributed by atoms with E-state index < -0.39 is 15.6 Å². The normalized spacial score (nSPS) is 20.3. The summed E-state index contributed by atoms with van der Waals surface area (Å²) in [5.41, 5.74) is 0.334. The molecule has 2 heterocycles. The minimum absolute atomic E-state index is 0.0202. The van der Waals surface area contributed by atoms with Crippen molar-refractivity contribution in [2.45, 2.75) is 23.5 Å². The lowest BCUT2D eigenvalue weighted by Gasteiger charge is -2.37. The van der Waals surface area contributed by atoms with Gasteiger partial charge in [0.15, 0.2) is 15.6 Å². The predicted molar refractivity (Wildman–Crippen MR) is 85.9 cm³/mol. The first-order chi connectivity index (χ1) is 11.3. The van der Waals surface area contributed by atoms with Gasteiger partial charge in [0.25, 0.3) is 5.91 Å². The number of sulfone groups is 1. The summed E-state index contributed by atoms with van der Waals surface area (Å²) in [4.78, 5) is 14.4. The highest BCUT2D eigenvalue weighted by Gasteiger charge is 2.40. The first-order valence-electron chi connectivity index (χ1n) is 7.80. The zero-order chi connectivity index (χ0) is 17.4. The Balaban J connectivity index is 1.78. The van der Waals surface area contributed by atoms with Gasteiger partial charge >= 0.3 is 0 Å². The van der Waals surface area contributed by atoms with Gasteiger partial charge in [-0.25, -0.2) is 8.42 Å². The molecule has 1 spiro atoms. The number of carbonyl (C=O) groups is 1. The van der Waals surface area contributed by atoms with E-state index in [-0.39, 0.29) is 16.6 Å². The van der Waals surface area contributed by atoms with Crippen LogP contribution in [0.4, 0.5) is 0 Å². The van der Waals surface area contributed by atoms with Crippen molar-refractivity contribution >= 4 is 15.7 Å². The minimum Gasteiger partial charge on any atom is -0.495 e. The largest absolute Gasteiger partial charge is 0.495 e. The summed E-state index contributed by atoms with van der Waals surface area (Å²) in [7, 11) is -2.09.